The van der Waals surface area contributed by atoms with Crippen LogP contribution >= 0.6 is 22.6 Å². The first-order valence-corrected chi connectivity index (χ1v) is 5.79. The van der Waals surface area contributed by atoms with Gasteiger partial charge in [0.1, 0.15) is 5.66 Å². The Labute approximate surface area is 103 Å². The molecule has 5 heteroatoms. The van der Waals surface area contributed by atoms with Crippen LogP contribution in [0.25, 0.3) is 0 Å². The molecule has 2 atom stereocenters. The number of hydrogen-bond donors (Lipinski definition) is 4. The van der Waals surface area contributed by atoms with Crippen molar-refractivity contribution in [1.29, 1.82) is 0 Å². The summed E-state index contributed by atoms with van der Waals surface area (Å²) in [6.45, 7) is 1.87. The van der Waals surface area contributed by atoms with Crippen molar-refractivity contribution < 1.29 is 5.11 Å². The highest BCUT2D eigenvalue weighted by Gasteiger charge is 2.45. The van der Waals surface area contributed by atoms with E-state index in [2.05, 4.69) is 5.43 Å². The zero-order chi connectivity index (χ0) is 11.5. The van der Waals surface area contributed by atoms with Crippen LogP contribution in [0.3, 0.4) is 0 Å². The topological polar surface area (TPSA) is 84.3 Å². The molecule has 0 aliphatic heterocycles. The summed E-state index contributed by atoms with van der Waals surface area (Å²) in [4.78, 5) is 0. The molecule has 1 rings (SSSR count). The van der Waals surface area contributed by atoms with E-state index >= 15 is 0 Å². The fraction of sp³-hybridized carbons (Fsp3) is 0.400. The van der Waals surface area contributed by atoms with Gasteiger partial charge >= 0.3 is 0 Å². The third kappa shape index (κ3) is 2.31. The van der Waals surface area contributed by atoms with Crippen LogP contribution in [0, 0.1) is 0 Å². The molecule has 0 heterocycles. The van der Waals surface area contributed by atoms with Crippen LogP contribution in [-0.4, -0.2) is 10.8 Å². The lowest BCUT2D eigenvalue weighted by Crippen LogP contribution is -2.66. The first-order valence-electron chi connectivity index (χ1n) is 4.71. The number of aliphatic hydroxyl groups is 1. The number of benzene rings is 1. The van der Waals surface area contributed by atoms with Crippen molar-refractivity contribution in [2.75, 3.05) is 0 Å². The van der Waals surface area contributed by atoms with Gasteiger partial charge in [0.2, 0.25) is 0 Å². The molecule has 84 valence electrons. The molecule has 0 fully saturated rings. The van der Waals surface area contributed by atoms with Crippen molar-refractivity contribution >= 4 is 22.6 Å². The predicted octanol–water partition coefficient (Wildman–Crippen LogP) is 0.795. The molecule has 4 nitrogen and oxygen atoms in total. The zero-order valence-electron chi connectivity index (χ0n) is 8.57. The van der Waals surface area contributed by atoms with Gasteiger partial charge in [0.05, 0.1) is 0 Å². The third-order valence-electron chi connectivity index (χ3n) is 2.56. The van der Waals surface area contributed by atoms with Crippen molar-refractivity contribution in [3.05, 3.63) is 35.9 Å². The molecule has 0 saturated carbocycles. The predicted molar refractivity (Wildman–Crippen MR) is 68.9 cm³/mol. The summed E-state index contributed by atoms with van der Waals surface area (Å²) in [5.41, 5.74) is 8.18. The van der Waals surface area contributed by atoms with Gasteiger partial charge in [-0.05, 0) is 34.6 Å². The second kappa shape index (κ2) is 4.75. The third-order valence-corrected chi connectivity index (χ3v) is 4.15. The van der Waals surface area contributed by atoms with E-state index in [0.717, 1.165) is 5.56 Å². The maximum Gasteiger partial charge on any atom is 0.173 e. The summed E-state index contributed by atoms with van der Waals surface area (Å²) in [7, 11) is 0. The Balaban J connectivity index is 3.12. The number of rotatable bonds is 4. The summed E-state index contributed by atoms with van der Waals surface area (Å²) in [6.07, 6.45) is 0.512. The highest BCUT2D eigenvalue weighted by molar-refractivity contribution is 14.1. The molecule has 0 aliphatic rings. The second-order valence-corrected chi connectivity index (χ2v) is 5.02. The lowest BCUT2D eigenvalue weighted by Gasteiger charge is -2.40. The molecular formula is C10H16IN3O. The van der Waals surface area contributed by atoms with E-state index in [0.29, 0.717) is 6.42 Å². The molecule has 0 amide bonds. The van der Waals surface area contributed by atoms with Crippen molar-refractivity contribution in [3.63, 3.8) is 0 Å². The Morgan fingerprint density at radius 1 is 1.40 bits per heavy atom. The molecule has 0 bridgehead atoms. The standard InChI is InChI=1S/C10H16IN3O/c1-2-9(12,14-13)10(11,15)8-6-4-3-5-7-8/h3-7,14-15H,2,12-13H2,1H3. The minimum Gasteiger partial charge on any atom is -0.372 e. The van der Waals surface area contributed by atoms with E-state index < -0.39 is 9.27 Å². The quantitative estimate of drug-likeness (QED) is 0.217. The highest BCUT2D eigenvalue weighted by Crippen LogP contribution is 2.37. The van der Waals surface area contributed by atoms with E-state index in [1.165, 1.54) is 0 Å². The molecule has 2 unspecified atom stereocenters. The maximum absolute atomic E-state index is 10.4. The van der Waals surface area contributed by atoms with E-state index in [4.69, 9.17) is 11.6 Å². The molecule has 0 aromatic heterocycles. The van der Waals surface area contributed by atoms with Gasteiger partial charge in [-0.2, -0.15) is 0 Å². The normalized spacial score (nSPS) is 19.3. The Bertz CT molecular complexity index is 312. The van der Waals surface area contributed by atoms with Gasteiger partial charge in [0, 0.05) is 0 Å². The maximum atomic E-state index is 10.4. The van der Waals surface area contributed by atoms with E-state index in [9.17, 15) is 5.11 Å². The molecule has 15 heavy (non-hydrogen) atoms. The van der Waals surface area contributed by atoms with Crippen LogP contribution in [0.1, 0.15) is 18.9 Å². The van der Waals surface area contributed by atoms with Crippen molar-refractivity contribution in [1.82, 2.24) is 5.43 Å². The zero-order valence-corrected chi connectivity index (χ0v) is 10.7. The SMILES string of the molecule is CCC(N)(NN)C(O)(I)c1ccccc1. The summed E-state index contributed by atoms with van der Waals surface area (Å²) < 4.78 is -1.24. The van der Waals surface area contributed by atoms with Crippen molar-refractivity contribution in [3.8, 4) is 0 Å². The van der Waals surface area contributed by atoms with Gasteiger partial charge in [-0.15, -0.1) is 0 Å². The molecular weight excluding hydrogens is 305 g/mol. The average molecular weight is 321 g/mol. The Morgan fingerprint density at radius 3 is 2.33 bits per heavy atom. The van der Waals surface area contributed by atoms with Gasteiger partial charge in [-0.25, -0.2) is 5.43 Å². The number of hydrazine groups is 1. The van der Waals surface area contributed by atoms with Gasteiger partial charge in [-0.1, -0.05) is 37.3 Å². The number of halogens is 1. The van der Waals surface area contributed by atoms with Crippen LogP contribution in [0.2, 0.25) is 0 Å². The number of hydrogen-bond acceptors (Lipinski definition) is 4. The van der Waals surface area contributed by atoms with E-state index in [-0.39, 0.29) is 0 Å². The van der Waals surface area contributed by atoms with Crippen LogP contribution < -0.4 is 17.0 Å². The monoisotopic (exact) mass is 321 g/mol. The van der Waals surface area contributed by atoms with Crippen molar-refractivity contribution in [2.45, 2.75) is 22.6 Å². The summed E-state index contributed by atoms with van der Waals surface area (Å²) in [6, 6.07) is 9.23. The van der Waals surface area contributed by atoms with Crippen LogP contribution in [0.15, 0.2) is 30.3 Å². The van der Waals surface area contributed by atoms with Gasteiger partial charge in [0.15, 0.2) is 3.61 Å². The second-order valence-electron chi connectivity index (χ2n) is 3.46. The smallest absolute Gasteiger partial charge is 0.173 e. The summed E-state index contributed by atoms with van der Waals surface area (Å²) in [5.74, 6) is 5.40. The minimum atomic E-state index is -1.24. The van der Waals surface area contributed by atoms with Gasteiger partial charge < -0.3 is 10.8 Å². The highest BCUT2D eigenvalue weighted by atomic mass is 127. The molecule has 1 aromatic carbocycles. The van der Waals surface area contributed by atoms with Gasteiger partial charge in [0.25, 0.3) is 0 Å². The fourth-order valence-electron chi connectivity index (χ4n) is 1.35. The minimum absolute atomic E-state index is 0.512. The molecule has 0 spiro atoms. The number of nitrogens with two attached hydrogens (primary N) is 2. The molecule has 0 aliphatic carbocycles. The number of nitrogens with one attached hydrogen (secondary N) is 1. The van der Waals surface area contributed by atoms with Crippen LogP contribution in [-0.2, 0) is 3.61 Å². The Morgan fingerprint density at radius 2 is 1.93 bits per heavy atom. The number of alkyl halides is 1. The molecule has 6 N–H and O–H groups in total. The first-order chi connectivity index (χ1) is 6.98. The largest absolute Gasteiger partial charge is 0.372 e. The van der Waals surface area contributed by atoms with Crippen LogP contribution in [0.4, 0.5) is 0 Å². The Hall–Kier alpha value is -0.210. The molecule has 0 radical (unpaired) electrons. The van der Waals surface area contributed by atoms with E-state index in [1.54, 1.807) is 0 Å². The lowest BCUT2D eigenvalue weighted by molar-refractivity contribution is 0.0404. The summed E-state index contributed by atoms with van der Waals surface area (Å²) in [5, 5.41) is 10.4. The van der Waals surface area contributed by atoms with Crippen LogP contribution in [0.5, 0.6) is 0 Å². The fourth-order valence-corrected chi connectivity index (χ4v) is 2.25. The lowest BCUT2D eigenvalue weighted by atomic mass is 9.95. The average Bonchev–Trinajstić information content (AvgIpc) is 2.29. The summed E-state index contributed by atoms with van der Waals surface area (Å²) >= 11 is 1.91. The molecule has 0 saturated heterocycles. The molecule has 1 aromatic rings. The first kappa shape index (κ1) is 12.9. The van der Waals surface area contributed by atoms with Crippen molar-refractivity contribution in [2.24, 2.45) is 11.6 Å². The Kier molecular flexibility index (Phi) is 4.07. The van der Waals surface area contributed by atoms with Gasteiger partial charge in [-0.3, -0.25) is 5.84 Å². The van der Waals surface area contributed by atoms with E-state index in [1.807, 2.05) is 59.8 Å².